The molecule has 0 rings (SSSR count). The van der Waals surface area contributed by atoms with Gasteiger partial charge in [0.25, 0.3) is 0 Å². The number of hydrogen-bond donors (Lipinski definition) is 0. The topological polar surface area (TPSA) is 0 Å². The first-order valence-corrected chi connectivity index (χ1v) is 10.7. The fourth-order valence-corrected chi connectivity index (χ4v) is 3.27. The lowest BCUT2D eigenvalue weighted by Gasteiger charge is -2.05. The summed E-state index contributed by atoms with van der Waals surface area (Å²) in [6.45, 7) is 0. The van der Waals surface area contributed by atoms with Crippen LogP contribution in [0.1, 0.15) is 89.9 Å². The Morgan fingerprint density at radius 3 is 1.00 bits per heavy atom. The van der Waals surface area contributed by atoms with E-state index < -0.39 is 0 Å². The summed E-state index contributed by atoms with van der Waals surface area (Å²) in [6, 6.07) is 0. The molecular formula is C18H32Cl4. The zero-order chi connectivity index (χ0) is 16.5. The second-order valence-electron chi connectivity index (χ2n) is 5.93. The molecule has 132 valence electrons. The minimum absolute atomic E-state index is 0.789. The summed E-state index contributed by atoms with van der Waals surface area (Å²) in [5, 5.41) is 1.76. The monoisotopic (exact) mass is 388 g/mol. The van der Waals surface area contributed by atoms with Crippen molar-refractivity contribution in [2.45, 2.75) is 89.9 Å². The molecule has 0 atom stereocenters. The lowest BCUT2D eigenvalue weighted by atomic mass is 10.1. The number of halogens is 4. The molecule has 0 fully saturated rings. The molecule has 0 unspecified atom stereocenters. The number of unbranched alkanes of at least 4 members (excludes halogenated alkanes) is 10. The Labute approximate surface area is 157 Å². The second-order valence-corrected chi connectivity index (χ2v) is 7.60. The highest BCUT2D eigenvalue weighted by Gasteiger charge is 2.02. The van der Waals surface area contributed by atoms with Gasteiger partial charge in [-0.3, -0.25) is 0 Å². The maximum Gasteiger partial charge on any atom is 0.0325 e. The first-order valence-electron chi connectivity index (χ1n) is 8.87. The van der Waals surface area contributed by atoms with Gasteiger partial charge in [0.2, 0.25) is 0 Å². The van der Waals surface area contributed by atoms with Crippen LogP contribution in [-0.4, -0.2) is 11.8 Å². The molecule has 0 bridgehead atoms. The SMILES string of the molecule is ClCCCCCCCCC(Cl)=C(Cl)CCCCCCCCCl. The van der Waals surface area contributed by atoms with Crippen molar-refractivity contribution >= 4 is 46.4 Å². The standard InChI is InChI=1S/C18H32Cl4/c19-15-11-7-3-1-5-9-13-17(21)18(22)14-10-6-2-4-8-12-16-20/h1-16H2. The first-order chi connectivity index (χ1) is 10.7. The van der Waals surface area contributed by atoms with E-state index in [1.54, 1.807) is 0 Å². The van der Waals surface area contributed by atoms with Gasteiger partial charge in [-0.25, -0.2) is 0 Å². The van der Waals surface area contributed by atoms with Crippen LogP contribution in [0, 0.1) is 0 Å². The van der Waals surface area contributed by atoms with Crippen LogP contribution in [-0.2, 0) is 0 Å². The van der Waals surface area contributed by atoms with Crippen LogP contribution < -0.4 is 0 Å². The molecule has 4 heteroatoms. The molecule has 0 aromatic rings. The Kier molecular flexibility index (Phi) is 19.0. The summed E-state index contributed by atoms with van der Waals surface area (Å²) in [7, 11) is 0. The summed E-state index contributed by atoms with van der Waals surface area (Å²) in [5.41, 5.74) is 0. The minimum atomic E-state index is 0.789. The molecule has 0 aliphatic rings. The molecule has 0 heterocycles. The fourth-order valence-electron chi connectivity index (χ4n) is 2.43. The Morgan fingerprint density at radius 1 is 0.409 bits per heavy atom. The molecule has 22 heavy (non-hydrogen) atoms. The molecule has 0 aliphatic carbocycles. The zero-order valence-electron chi connectivity index (χ0n) is 13.8. The van der Waals surface area contributed by atoms with E-state index in [1.807, 2.05) is 0 Å². The van der Waals surface area contributed by atoms with E-state index in [0.29, 0.717) is 0 Å². The molecule has 0 aromatic carbocycles. The maximum absolute atomic E-state index is 6.29. The predicted octanol–water partition coefficient (Wildman–Crippen LogP) is 8.61. The van der Waals surface area contributed by atoms with E-state index in [0.717, 1.165) is 60.3 Å². The van der Waals surface area contributed by atoms with Crippen molar-refractivity contribution in [3.63, 3.8) is 0 Å². The third-order valence-electron chi connectivity index (χ3n) is 3.85. The van der Waals surface area contributed by atoms with Crippen molar-refractivity contribution < 1.29 is 0 Å². The smallest absolute Gasteiger partial charge is 0.0325 e. The van der Waals surface area contributed by atoms with Crippen molar-refractivity contribution in [1.29, 1.82) is 0 Å². The summed E-state index contributed by atoms with van der Waals surface area (Å²) in [6.07, 6.45) is 16.5. The highest BCUT2D eigenvalue weighted by atomic mass is 35.5. The molecule has 0 radical (unpaired) electrons. The summed E-state index contributed by atoms with van der Waals surface area (Å²) in [5.74, 6) is 1.58. The van der Waals surface area contributed by atoms with Crippen LogP contribution in [0.4, 0.5) is 0 Å². The molecule has 0 aliphatic heterocycles. The number of allylic oxidation sites excluding steroid dienone is 2. The van der Waals surface area contributed by atoms with Crippen molar-refractivity contribution in [3.8, 4) is 0 Å². The van der Waals surface area contributed by atoms with Gasteiger partial charge in [0.05, 0.1) is 0 Å². The number of rotatable bonds is 16. The van der Waals surface area contributed by atoms with E-state index in [4.69, 9.17) is 46.4 Å². The van der Waals surface area contributed by atoms with Crippen molar-refractivity contribution in [1.82, 2.24) is 0 Å². The van der Waals surface area contributed by atoms with Gasteiger partial charge in [0.1, 0.15) is 0 Å². The Balaban J connectivity index is 3.49. The quantitative estimate of drug-likeness (QED) is 0.183. The average molecular weight is 390 g/mol. The highest BCUT2D eigenvalue weighted by molar-refractivity contribution is 6.39. The van der Waals surface area contributed by atoms with Gasteiger partial charge in [-0.2, -0.15) is 0 Å². The first kappa shape index (κ1) is 22.9. The van der Waals surface area contributed by atoms with Crippen molar-refractivity contribution in [2.75, 3.05) is 11.8 Å². The molecule has 0 aromatic heterocycles. The molecule has 0 nitrogen and oxygen atoms in total. The van der Waals surface area contributed by atoms with Crippen LogP contribution >= 0.6 is 46.4 Å². The molecule has 0 saturated heterocycles. The van der Waals surface area contributed by atoms with E-state index in [2.05, 4.69) is 0 Å². The van der Waals surface area contributed by atoms with Gasteiger partial charge in [0, 0.05) is 21.8 Å². The minimum Gasteiger partial charge on any atom is -0.127 e. The largest absolute Gasteiger partial charge is 0.127 e. The van der Waals surface area contributed by atoms with Crippen LogP contribution in [0.2, 0.25) is 0 Å². The second kappa shape index (κ2) is 18.2. The van der Waals surface area contributed by atoms with Crippen LogP contribution in [0.15, 0.2) is 10.1 Å². The highest BCUT2D eigenvalue weighted by Crippen LogP contribution is 2.25. The third kappa shape index (κ3) is 15.8. The van der Waals surface area contributed by atoms with Crippen molar-refractivity contribution in [3.05, 3.63) is 10.1 Å². The van der Waals surface area contributed by atoms with E-state index in [1.165, 1.54) is 51.4 Å². The van der Waals surface area contributed by atoms with Crippen LogP contribution in [0.3, 0.4) is 0 Å². The van der Waals surface area contributed by atoms with Gasteiger partial charge in [-0.1, -0.05) is 74.6 Å². The Morgan fingerprint density at radius 2 is 0.682 bits per heavy atom. The van der Waals surface area contributed by atoms with Crippen LogP contribution in [0.25, 0.3) is 0 Å². The summed E-state index contributed by atoms with van der Waals surface area (Å²) in [4.78, 5) is 0. The normalized spacial score (nSPS) is 12.5. The molecular weight excluding hydrogens is 358 g/mol. The maximum atomic E-state index is 6.29. The predicted molar refractivity (Wildman–Crippen MR) is 105 cm³/mol. The summed E-state index contributed by atoms with van der Waals surface area (Å²) >= 11 is 23.9. The molecule has 0 spiro atoms. The Bertz CT molecular complexity index is 238. The van der Waals surface area contributed by atoms with Gasteiger partial charge in [-0.15, -0.1) is 23.2 Å². The number of alkyl halides is 2. The fraction of sp³-hybridized carbons (Fsp3) is 0.889. The third-order valence-corrected chi connectivity index (χ3v) is 5.32. The molecule has 0 N–H and O–H groups in total. The van der Waals surface area contributed by atoms with E-state index >= 15 is 0 Å². The lowest BCUT2D eigenvalue weighted by molar-refractivity contribution is 0.605. The van der Waals surface area contributed by atoms with Gasteiger partial charge in [0.15, 0.2) is 0 Å². The Hall–Kier alpha value is 0.900. The lowest BCUT2D eigenvalue weighted by Crippen LogP contribution is -1.86. The van der Waals surface area contributed by atoms with Gasteiger partial charge < -0.3 is 0 Å². The summed E-state index contributed by atoms with van der Waals surface area (Å²) < 4.78 is 0. The van der Waals surface area contributed by atoms with Crippen molar-refractivity contribution in [2.24, 2.45) is 0 Å². The van der Waals surface area contributed by atoms with Crippen LogP contribution in [0.5, 0.6) is 0 Å². The van der Waals surface area contributed by atoms with Gasteiger partial charge in [-0.05, 0) is 38.5 Å². The molecule has 0 amide bonds. The van der Waals surface area contributed by atoms with E-state index in [9.17, 15) is 0 Å². The number of hydrogen-bond acceptors (Lipinski definition) is 0. The van der Waals surface area contributed by atoms with E-state index in [-0.39, 0.29) is 0 Å². The molecule has 0 saturated carbocycles. The van der Waals surface area contributed by atoms with Gasteiger partial charge >= 0.3 is 0 Å². The zero-order valence-corrected chi connectivity index (χ0v) is 16.8. The average Bonchev–Trinajstić information content (AvgIpc) is 2.52.